The van der Waals surface area contributed by atoms with Crippen molar-refractivity contribution in [1.82, 2.24) is 4.98 Å². The van der Waals surface area contributed by atoms with Gasteiger partial charge in [-0.05, 0) is 25.5 Å². The Morgan fingerprint density at radius 2 is 2.12 bits per heavy atom. The van der Waals surface area contributed by atoms with Gasteiger partial charge in [0, 0.05) is 29.4 Å². The summed E-state index contributed by atoms with van der Waals surface area (Å²) in [5, 5.41) is -0.408. The van der Waals surface area contributed by atoms with Gasteiger partial charge in [0.2, 0.25) is 0 Å². The highest BCUT2D eigenvalue weighted by Crippen LogP contribution is 2.18. The van der Waals surface area contributed by atoms with E-state index in [1.807, 2.05) is 19.1 Å². The summed E-state index contributed by atoms with van der Waals surface area (Å²) in [6, 6.07) is 3.86. The predicted octanol–water partition coefficient (Wildman–Crippen LogP) is 2.13. The Morgan fingerprint density at radius 1 is 1.50 bits per heavy atom. The molecule has 90 valence electrons. The maximum atomic E-state index is 11.4. The zero-order valence-electron chi connectivity index (χ0n) is 9.64. The second-order valence-corrected chi connectivity index (χ2v) is 7.60. The third kappa shape index (κ3) is 3.56. The molecule has 1 rings (SSSR count). The highest BCUT2D eigenvalue weighted by molar-refractivity contribution is 9.09. The van der Waals surface area contributed by atoms with Crippen LogP contribution in [0.5, 0.6) is 0 Å². The largest absolute Gasteiger partial charge is 0.261 e. The summed E-state index contributed by atoms with van der Waals surface area (Å²) in [5.41, 5.74) is 2.03. The molecule has 16 heavy (non-hydrogen) atoms. The Morgan fingerprint density at radius 3 is 2.62 bits per heavy atom. The molecular formula is C11H16BrNO2S. The van der Waals surface area contributed by atoms with Gasteiger partial charge in [-0.2, -0.15) is 0 Å². The molecule has 0 radical (unpaired) electrons. The number of halogens is 1. The minimum Gasteiger partial charge on any atom is -0.261 e. The van der Waals surface area contributed by atoms with Crippen LogP contribution in [-0.4, -0.2) is 29.7 Å². The van der Waals surface area contributed by atoms with Gasteiger partial charge in [-0.25, -0.2) is 8.42 Å². The highest BCUT2D eigenvalue weighted by Gasteiger charge is 2.24. The Kier molecular flexibility index (Phi) is 4.50. The molecule has 0 spiro atoms. The van der Waals surface area contributed by atoms with E-state index in [2.05, 4.69) is 20.9 Å². The van der Waals surface area contributed by atoms with Gasteiger partial charge < -0.3 is 0 Å². The van der Waals surface area contributed by atoms with Crippen LogP contribution in [0.1, 0.15) is 18.2 Å². The van der Waals surface area contributed by atoms with Gasteiger partial charge in [0.1, 0.15) is 0 Å². The van der Waals surface area contributed by atoms with Crippen molar-refractivity contribution < 1.29 is 8.42 Å². The molecule has 5 heteroatoms. The van der Waals surface area contributed by atoms with E-state index in [1.54, 1.807) is 13.1 Å². The van der Waals surface area contributed by atoms with Crippen molar-refractivity contribution in [3.63, 3.8) is 0 Å². The van der Waals surface area contributed by atoms with Crippen molar-refractivity contribution in [2.24, 2.45) is 0 Å². The lowest BCUT2D eigenvalue weighted by molar-refractivity contribution is 0.585. The molecule has 1 aromatic heterocycles. The Hall–Kier alpha value is -0.420. The average molecular weight is 306 g/mol. The Labute approximate surface area is 105 Å². The first-order valence-electron chi connectivity index (χ1n) is 5.06. The molecule has 0 aliphatic heterocycles. The molecule has 0 aromatic carbocycles. The second kappa shape index (κ2) is 5.27. The van der Waals surface area contributed by atoms with Crippen LogP contribution in [0.3, 0.4) is 0 Å². The summed E-state index contributed by atoms with van der Waals surface area (Å²) in [6.07, 6.45) is 3.62. The van der Waals surface area contributed by atoms with Crippen molar-refractivity contribution in [1.29, 1.82) is 0 Å². The molecule has 0 aliphatic carbocycles. The van der Waals surface area contributed by atoms with Gasteiger partial charge in [-0.1, -0.05) is 22.0 Å². The van der Waals surface area contributed by atoms with Crippen LogP contribution >= 0.6 is 15.9 Å². The van der Waals surface area contributed by atoms with E-state index in [9.17, 15) is 8.42 Å². The maximum Gasteiger partial charge on any atom is 0.151 e. The van der Waals surface area contributed by atoms with Gasteiger partial charge in [0.15, 0.2) is 9.84 Å². The first-order valence-corrected chi connectivity index (χ1v) is 7.93. The summed E-state index contributed by atoms with van der Waals surface area (Å²) in [4.78, 5) is 4.16. The van der Waals surface area contributed by atoms with Crippen LogP contribution < -0.4 is 0 Å². The summed E-state index contributed by atoms with van der Waals surface area (Å²) in [5.74, 6) is 0. The van der Waals surface area contributed by atoms with Gasteiger partial charge in [0.25, 0.3) is 0 Å². The van der Waals surface area contributed by atoms with E-state index in [-0.39, 0.29) is 4.83 Å². The molecule has 0 N–H and O–H groups in total. The number of hydrogen-bond acceptors (Lipinski definition) is 3. The lowest BCUT2D eigenvalue weighted by atomic mass is 10.1. The quantitative estimate of drug-likeness (QED) is 0.801. The number of pyridine rings is 1. The van der Waals surface area contributed by atoms with Crippen LogP contribution in [0.15, 0.2) is 18.3 Å². The first-order chi connectivity index (χ1) is 7.32. The number of nitrogens with zero attached hydrogens (tertiary/aromatic N) is 1. The summed E-state index contributed by atoms with van der Waals surface area (Å²) < 4.78 is 22.8. The van der Waals surface area contributed by atoms with Crippen molar-refractivity contribution >= 4 is 25.8 Å². The molecule has 2 unspecified atom stereocenters. The second-order valence-electron chi connectivity index (χ2n) is 4.02. The Balaban J connectivity index is 2.80. The van der Waals surface area contributed by atoms with Crippen LogP contribution in [-0.2, 0) is 16.3 Å². The average Bonchev–Trinajstić information content (AvgIpc) is 2.19. The van der Waals surface area contributed by atoms with E-state index in [0.29, 0.717) is 6.42 Å². The van der Waals surface area contributed by atoms with Crippen LogP contribution in [0, 0.1) is 6.92 Å². The molecule has 0 saturated heterocycles. The third-order valence-electron chi connectivity index (χ3n) is 2.69. The van der Waals surface area contributed by atoms with Crippen molar-refractivity contribution in [3.05, 3.63) is 29.6 Å². The number of sulfone groups is 1. The van der Waals surface area contributed by atoms with Crippen LogP contribution in [0.2, 0.25) is 0 Å². The number of alkyl halides is 1. The fourth-order valence-electron chi connectivity index (χ4n) is 1.35. The molecule has 3 nitrogen and oxygen atoms in total. The van der Waals surface area contributed by atoms with E-state index in [0.717, 1.165) is 11.3 Å². The van der Waals surface area contributed by atoms with Crippen LogP contribution in [0.4, 0.5) is 0 Å². The van der Waals surface area contributed by atoms with Crippen molar-refractivity contribution in [2.45, 2.75) is 30.3 Å². The smallest absolute Gasteiger partial charge is 0.151 e. The SMILES string of the molecule is Cc1cccnc1CC(Br)C(C)S(C)(=O)=O. The zero-order chi connectivity index (χ0) is 12.3. The number of aryl methyl sites for hydroxylation is 1. The molecular weight excluding hydrogens is 290 g/mol. The number of hydrogen-bond donors (Lipinski definition) is 0. The molecule has 2 atom stereocenters. The van der Waals surface area contributed by atoms with Gasteiger partial charge in [0.05, 0.1) is 5.25 Å². The topological polar surface area (TPSA) is 47.0 Å². The Bertz CT molecular complexity index is 459. The lowest BCUT2D eigenvalue weighted by Gasteiger charge is -2.16. The number of rotatable bonds is 4. The van der Waals surface area contributed by atoms with Crippen molar-refractivity contribution in [3.8, 4) is 0 Å². The molecule has 1 aromatic rings. The molecule has 0 fully saturated rings. The molecule has 0 saturated carbocycles. The minimum absolute atomic E-state index is 0.101. The lowest BCUT2D eigenvalue weighted by Crippen LogP contribution is -2.28. The minimum atomic E-state index is -3.01. The molecule has 0 amide bonds. The van der Waals surface area contributed by atoms with E-state index < -0.39 is 15.1 Å². The van der Waals surface area contributed by atoms with Gasteiger partial charge >= 0.3 is 0 Å². The fourth-order valence-corrected chi connectivity index (χ4v) is 3.47. The van der Waals surface area contributed by atoms with E-state index in [1.165, 1.54) is 6.26 Å². The van der Waals surface area contributed by atoms with E-state index in [4.69, 9.17) is 0 Å². The third-order valence-corrected chi connectivity index (χ3v) is 5.84. The summed E-state index contributed by atoms with van der Waals surface area (Å²) in [7, 11) is -3.01. The fraction of sp³-hybridized carbons (Fsp3) is 0.545. The predicted molar refractivity (Wildman–Crippen MR) is 69.7 cm³/mol. The molecule has 0 aliphatic rings. The number of aromatic nitrogens is 1. The van der Waals surface area contributed by atoms with E-state index >= 15 is 0 Å². The van der Waals surface area contributed by atoms with Gasteiger partial charge in [-0.3, -0.25) is 4.98 Å². The monoisotopic (exact) mass is 305 g/mol. The zero-order valence-corrected chi connectivity index (χ0v) is 12.0. The summed E-state index contributed by atoms with van der Waals surface area (Å²) in [6.45, 7) is 3.69. The van der Waals surface area contributed by atoms with Gasteiger partial charge in [-0.15, -0.1) is 0 Å². The maximum absolute atomic E-state index is 11.4. The standard InChI is InChI=1S/C11H16BrNO2S/c1-8-5-4-6-13-11(8)7-10(12)9(2)16(3,14)15/h4-6,9-10H,7H2,1-3H3. The van der Waals surface area contributed by atoms with Crippen LogP contribution in [0.25, 0.3) is 0 Å². The molecule has 0 bridgehead atoms. The highest BCUT2D eigenvalue weighted by atomic mass is 79.9. The first kappa shape index (κ1) is 13.6. The van der Waals surface area contributed by atoms with Crippen molar-refractivity contribution in [2.75, 3.05) is 6.26 Å². The molecule has 1 heterocycles. The summed E-state index contributed by atoms with van der Waals surface area (Å²) >= 11 is 3.43. The normalized spacial score (nSPS) is 15.8.